The third-order valence-electron chi connectivity index (χ3n) is 3.14. The summed E-state index contributed by atoms with van der Waals surface area (Å²) in [5, 5.41) is 23.8. The molecule has 0 atom stereocenters. The lowest BCUT2D eigenvalue weighted by molar-refractivity contribution is -0.383. The van der Waals surface area contributed by atoms with Gasteiger partial charge < -0.3 is 16.2 Å². The van der Waals surface area contributed by atoms with Gasteiger partial charge >= 0.3 is 11.8 Å². The van der Waals surface area contributed by atoms with Gasteiger partial charge in [-0.15, -0.1) is 0 Å². The van der Waals surface area contributed by atoms with E-state index < -0.39 is 16.7 Å². The lowest BCUT2D eigenvalue weighted by Gasteiger charge is -2.18. The molecule has 24 heavy (non-hydrogen) atoms. The Bertz CT molecular complexity index is 781. The van der Waals surface area contributed by atoms with Crippen LogP contribution >= 0.6 is 11.6 Å². The molecule has 1 amide bonds. The van der Waals surface area contributed by atoms with Gasteiger partial charge in [-0.25, -0.2) is 9.78 Å². The third-order valence-corrected chi connectivity index (χ3v) is 3.39. The van der Waals surface area contributed by atoms with Gasteiger partial charge in [-0.3, -0.25) is 15.0 Å². The number of amides is 1. The van der Waals surface area contributed by atoms with Crippen molar-refractivity contribution in [1.82, 2.24) is 4.98 Å². The quantitative estimate of drug-likeness (QED) is 0.554. The van der Waals surface area contributed by atoms with E-state index in [4.69, 9.17) is 17.3 Å². The first-order valence-electron chi connectivity index (χ1n) is 6.81. The Balaban J connectivity index is 2.53. The van der Waals surface area contributed by atoms with Crippen molar-refractivity contribution in [3.8, 4) is 0 Å². The molecule has 0 aliphatic heterocycles. The highest BCUT2D eigenvalue weighted by molar-refractivity contribution is 6.30. The highest BCUT2D eigenvalue weighted by Crippen LogP contribution is 2.35. The molecule has 2 rings (SSSR count). The van der Waals surface area contributed by atoms with Gasteiger partial charge in [0.25, 0.3) is 0 Å². The molecule has 126 valence electrons. The molecule has 10 heteroatoms. The summed E-state index contributed by atoms with van der Waals surface area (Å²) in [6, 6.07) is 7.72. The maximum Gasteiger partial charge on any atom is 0.413 e. The first kappa shape index (κ1) is 17.3. The Hall–Kier alpha value is -3.07. The molecule has 0 bridgehead atoms. The minimum atomic E-state index is -1.24. The number of nitro groups is 1. The zero-order valence-corrected chi connectivity index (χ0v) is 13.3. The van der Waals surface area contributed by atoms with Gasteiger partial charge in [-0.05, 0) is 31.2 Å². The Morgan fingerprint density at radius 1 is 1.46 bits per heavy atom. The van der Waals surface area contributed by atoms with E-state index in [1.807, 2.05) is 0 Å². The average Bonchev–Trinajstić information content (AvgIpc) is 2.49. The topological polar surface area (TPSA) is 135 Å². The molecule has 1 heterocycles. The molecule has 0 aliphatic rings. The molecule has 1 aromatic carbocycles. The van der Waals surface area contributed by atoms with Crippen LogP contribution in [0, 0.1) is 10.1 Å². The lowest BCUT2D eigenvalue weighted by atomic mass is 10.2. The van der Waals surface area contributed by atoms with Gasteiger partial charge in [0.05, 0.1) is 4.92 Å². The fraction of sp³-hybridized carbons (Fsp3) is 0.143. The number of rotatable bonds is 5. The van der Waals surface area contributed by atoms with Crippen molar-refractivity contribution in [3.05, 3.63) is 45.5 Å². The summed E-state index contributed by atoms with van der Waals surface area (Å²) in [7, 11) is 0. The fourth-order valence-electron chi connectivity index (χ4n) is 2.05. The zero-order chi connectivity index (χ0) is 17.9. The van der Waals surface area contributed by atoms with Crippen LogP contribution in [0.25, 0.3) is 0 Å². The molecule has 0 fully saturated rings. The number of pyridine rings is 1. The number of benzene rings is 1. The minimum absolute atomic E-state index is 0.00966. The number of carboxylic acid groups (broad SMARTS) is 1. The molecule has 0 radical (unpaired) electrons. The van der Waals surface area contributed by atoms with E-state index in [0.717, 1.165) is 4.90 Å². The van der Waals surface area contributed by atoms with Gasteiger partial charge in [0, 0.05) is 23.3 Å². The largest absolute Gasteiger partial charge is 0.465 e. The van der Waals surface area contributed by atoms with Crippen LogP contribution < -0.4 is 16.0 Å². The third kappa shape index (κ3) is 3.63. The highest BCUT2D eigenvalue weighted by atomic mass is 35.5. The molecule has 0 saturated heterocycles. The number of nitrogens with one attached hydrogen (secondary N) is 1. The Morgan fingerprint density at radius 3 is 2.58 bits per heavy atom. The van der Waals surface area contributed by atoms with Crippen molar-refractivity contribution in [2.75, 3.05) is 22.5 Å². The van der Waals surface area contributed by atoms with Crippen molar-refractivity contribution in [2.45, 2.75) is 6.92 Å². The summed E-state index contributed by atoms with van der Waals surface area (Å²) >= 11 is 5.80. The van der Waals surface area contributed by atoms with E-state index in [0.29, 0.717) is 10.7 Å². The van der Waals surface area contributed by atoms with Gasteiger partial charge in [-0.1, -0.05) is 11.6 Å². The monoisotopic (exact) mass is 351 g/mol. The fourth-order valence-corrected chi connectivity index (χ4v) is 2.18. The highest BCUT2D eigenvalue weighted by Gasteiger charge is 2.24. The summed E-state index contributed by atoms with van der Waals surface area (Å²) < 4.78 is 0. The smallest absolute Gasteiger partial charge is 0.413 e. The van der Waals surface area contributed by atoms with E-state index in [1.165, 1.54) is 6.07 Å². The Kier molecular flexibility index (Phi) is 5.05. The van der Waals surface area contributed by atoms with Crippen LogP contribution in [0.15, 0.2) is 30.3 Å². The maximum atomic E-state index is 11.3. The first-order valence-corrected chi connectivity index (χ1v) is 7.19. The lowest BCUT2D eigenvalue weighted by Crippen LogP contribution is -2.29. The normalized spacial score (nSPS) is 10.2. The number of aromatic nitrogens is 1. The number of anilines is 4. The number of hydrogen-bond acceptors (Lipinski definition) is 6. The Morgan fingerprint density at radius 2 is 2.08 bits per heavy atom. The van der Waals surface area contributed by atoms with Crippen LogP contribution in [-0.4, -0.2) is 27.7 Å². The van der Waals surface area contributed by atoms with Crippen molar-refractivity contribution in [1.29, 1.82) is 0 Å². The summed E-state index contributed by atoms with van der Waals surface area (Å²) in [6.07, 6.45) is -1.24. The number of halogens is 1. The van der Waals surface area contributed by atoms with Gasteiger partial charge in [0.2, 0.25) is 5.82 Å². The zero-order valence-electron chi connectivity index (χ0n) is 12.6. The van der Waals surface area contributed by atoms with Crippen LogP contribution in [0.2, 0.25) is 5.02 Å². The van der Waals surface area contributed by atoms with Gasteiger partial charge in [0.15, 0.2) is 0 Å². The van der Waals surface area contributed by atoms with Crippen molar-refractivity contribution < 1.29 is 14.8 Å². The van der Waals surface area contributed by atoms with Gasteiger partial charge in [-0.2, -0.15) is 0 Å². The minimum Gasteiger partial charge on any atom is -0.465 e. The summed E-state index contributed by atoms with van der Waals surface area (Å²) in [4.78, 5) is 26.6. The number of nitrogens with two attached hydrogens (primary N) is 1. The molecule has 9 nitrogen and oxygen atoms in total. The molecular formula is C14H14ClN5O4. The molecule has 0 aliphatic carbocycles. The second-order valence-electron chi connectivity index (χ2n) is 4.68. The van der Waals surface area contributed by atoms with Crippen LogP contribution in [0.1, 0.15) is 6.92 Å². The molecule has 0 spiro atoms. The first-order chi connectivity index (χ1) is 11.3. The van der Waals surface area contributed by atoms with Crippen molar-refractivity contribution in [2.24, 2.45) is 0 Å². The average molecular weight is 352 g/mol. The predicted molar refractivity (Wildman–Crippen MR) is 91.1 cm³/mol. The summed E-state index contributed by atoms with van der Waals surface area (Å²) in [6.45, 7) is 1.72. The van der Waals surface area contributed by atoms with E-state index in [1.54, 1.807) is 31.2 Å². The SMILES string of the molecule is CCN(C(=O)O)c1cc(Nc2ccc(Cl)cc2)c([N+](=O)[O-])c(N)n1. The number of hydrogen-bond donors (Lipinski definition) is 3. The maximum absolute atomic E-state index is 11.3. The van der Waals surface area contributed by atoms with Crippen LogP contribution in [0.4, 0.5) is 33.5 Å². The second-order valence-corrected chi connectivity index (χ2v) is 5.11. The molecule has 0 unspecified atom stereocenters. The molecule has 4 N–H and O–H groups in total. The van der Waals surface area contributed by atoms with E-state index in [9.17, 15) is 20.0 Å². The predicted octanol–water partition coefficient (Wildman–Crippen LogP) is 3.47. The number of nitrogen functional groups attached to an aromatic ring is 1. The summed E-state index contributed by atoms with van der Waals surface area (Å²) in [5.74, 6) is -0.391. The molecule has 2 aromatic rings. The summed E-state index contributed by atoms with van der Waals surface area (Å²) in [5.41, 5.74) is 5.78. The van der Waals surface area contributed by atoms with Crippen molar-refractivity contribution >= 4 is 46.4 Å². The van der Waals surface area contributed by atoms with E-state index >= 15 is 0 Å². The van der Waals surface area contributed by atoms with Crippen molar-refractivity contribution in [3.63, 3.8) is 0 Å². The molecule has 1 aromatic heterocycles. The number of carbonyl (C=O) groups is 1. The van der Waals surface area contributed by atoms with E-state index in [-0.39, 0.29) is 23.9 Å². The number of nitrogens with zero attached hydrogens (tertiary/aromatic N) is 3. The van der Waals surface area contributed by atoms with Crippen LogP contribution in [0.3, 0.4) is 0 Å². The van der Waals surface area contributed by atoms with Crippen LogP contribution in [0.5, 0.6) is 0 Å². The van der Waals surface area contributed by atoms with Crippen LogP contribution in [-0.2, 0) is 0 Å². The molecule has 0 saturated carbocycles. The van der Waals surface area contributed by atoms with Gasteiger partial charge in [0.1, 0.15) is 11.5 Å². The molecular weight excluding hydrogens is 338 g/mol. The standard InChI is InChI=1S/C14H14ClN5O4/c1-2-19(14(21)22)11-7-10(12(20(23)24)13(16)18-11)17-9-5-3-8(15)4-6-9/h3-7H,2H2,1H3,(H,21,22)(H3,16,17,18). The van der Waals surface area contributed by atoms with E-state index in [2.05, 4.69) is 10.3 Å². The second kappa shape index (κ2) is 7.01. The Labute approximate surface area is 141 Å².